The van der Waals surface area contributed by atoms with Crippen LogP contribution in [0.25, 0.3) is 0 Å². The van der Waals surface area contributed by atoms with Crippen molar-refractivity contribution < 1.29 is 26.4 Å². The fourth-order valence-corrected chi connectivity index (χ4v) is 8.17. The van der Waals surface area contributed by atoms with Crippen LogP contribution < -0.4 is 0 Å². The monoisotopic (exact) mass is 530 g/mol. The van der Waals surface area contributed by atoms with E-state index in [1.165, 1.54) is 45.0 Å². The molecular weight excluding hydrogens is 500 g/mol. The number of benzene rings is 2. The molecular formula is C26H30N2O6S2. The van der Waals surface area contributed by atoms with Crippen LogP contribution in [-0.4, -0.2) is 63.2 Å². The third-order valence-electron chi connectivity index (χ3n) is 7.72. The highest BCUT2D eigenvalue weighted by atomic mass is 32.2. The second-order valence-corrected chi connectivity index (χ2v) is 14.1. The van der Waals surface area contributed by atoms with E-state index in [4.69, 9.17) is 0 Å². The lowest BCUT2D eigenvalue weighted by Crippen LogP contribution is -2.38. The lowest BCUT2D eigenvalue weighted by atomic mass is 9.84. The van der Waals surface area contributed by atoms with Crippen LogP contribution >= 0.6 is 0 Å². The number of hydrogen-bond donors (Lipinski definition) is 0. The first-order valence-corrected chi connectivity index (χ1v) is 15.3. The number of rotatable bonds is 4. The van der Waals surface area contributed by atoms with Crippen LogP contribution in [-0.2, 0) is 20.0 Å². The van der Waals surface area contributed by atoms with Crippen molar-refractivity contribution in [1.29, 1.82) is 0 Å². The molecule has 5 rings (SSSR count). The SMILES string of the molecule is CC1CCN(S(=O)(=O)c2ccc3c(c2)C(=O)c2ccc(S(=O)(=O)N4CCC(C)CC4)cc2C3=O)CC1. The minimum absolute atomic E-state index is 0.0149. The molecule has 0 bridgehead atoms. The van der Waals surface area contributed by atoms with Crippen LogP contribution in [0.4, 0.5) is 0 Å². The predicted molar refractivity (Wildman–Crippen MR) is 134 cm³/mol. The predicted octanol–water partition coefficient (Wildman–Crippen LogP) is 3.30. The Morgan fingerprint density at radius 3 is 1.25 bits per heavy atom. The molecule has 2 aromatic carbocycles. The maximum absolute atomic E-state index is 13.3. The minimum atomic E-state index is -3.79. The fraction of sp³-hybridized carbons (Fsp3) is 0.462. The van der Waals surface area contributed by atoms with Gasteiger partial charge < -0.3 is 0 Å². The Bertz CT molecular complexity index is 1340. The largest absolute Gasteiger partial charge is 0.289 e. The summed E-state index contributed by atoms with van der Waals surface area (Å²) in [6.07, 6.45) is 3.10. The number of fused-ring (bicyclic) bond motifs is 2. The Morgan fingerprint density at radius 1 is 0.583 bits per heavy atom. The molecule has 0 radical (unpaired) electrons. The molecule has 0 amide bonds. The van der Waals surface area contributed by atoms with E-state index in [-0.39, 0.29) is 32.0 Å². The summed E-state index contributed by atoms with van der Waals surface area (Å²) in [4.78, 5) is 26.6. The highest BCUT2D eigenvalue weighted by Gasteiger charge is 2.35. The molecule has 1 aliphatic carbocycles. The molecule has 192 valence electrons. The molecule has 2 heterocycles. The van der Waals surface area contributed by atoms with Gasteiger partial charge in [0.15, 0.2) is 11.6 Å². The summed E-state index contributed by atoms with van der Waals surface area (Å²) >= 11 is 0. The molecule has 8 nitrogen and oxygen atoms in total. The van der Waals surface area contributed by atoms with Crippen LogP contribution in [0, 0.1) is 11.8 Å². The van der Waals surface area contributed by atoms with Gasteiger partial charge >= 0.3 is 0 Å². The summed E-state index contributed by atoms with van der Waals surface area (Å²) in [6, 6.07) is 8.02. The number of carbonyl (C=O) groups is 2. The number of hydrogen-bond acceptors (Lipinski definition) is 6. The van der Waals surface area contributed by atoms with Crippen molar-refractivity contribution in [3.8, 4) is 0 Å². The van der Waals surface area contributed by atoms with Gasteiger partial charge in [0.25, 0.3) is 0 Å². The van der Waals surface area contributed by atoms with Crippen molar-refractivity contribution in [1.82, 2.24) is 8.61 Å². The first-order valence-electron chi connectivity index (χ1n) is 12.4. The summed E-state index contributed by atoms with van der Waals surface area (Å²) in [5, 5.41) is 0. The van der Waals surface area contributed by atoms with Crippen molar-refractivity contribution in [2.24, 2.45) is 11.8 Å². The van der Waals surface area contributed by atoms with Crippen LogP contribution in [0.5, 0.6) is 0 Å². The third kappa shape index (κ3) is 4.23. The molecule has 0 N–H and O–H groups in total. The van der Waals surface area contributed by atoms with E-state index in [0.29, 0.717) is 38.0 Å². The van der Waals surface area contributed by atoms with Crippen LogP contribution in [0.2, 0.25) is 0 Å². The first kappa shape index (κ1) is 25.3. The Kier molecular flexibility index (Phi) is 6.43. The summed E-state index contributed by atoms with van der Waals surface area (Å²) < 4.78 is 55.6. The number of ketones is 2. The van der Waals surface area contributed by atoms with Crippen molar-refractivity contribution in [3.63, 3.8) is 0 Å². The first-order chi connectivity index (χ1) is 17.0. The molecule has 0 spiro atoms. The van der Waals surface area contributed by atoms with Gasteiger partial charge in [-0.1, -0.05) is 13.8 Å². The van der Waals surface area contributed by atoms with Gasteiger partial charge in [0, 0.05) is 48.4 Å². The molecule has 36 heavy (non-hydrogen) atoms. The standard InChI is InChI=1S/C26H30N2O6S2/c1-17-7-11-27(12-8-17)35(31,32)19-3-5-21-23(15-19)25(29)22-6-4-20(16-24(22)26(21)30)36(33,34)28-13-9-18(2)10-14-28/h3-6,15-18H,7-14H2,1-2H3. The topological polar surface area (TPSA) is 109 Å². The fourth-order valence-electron chi connectivity index (χ4n) is 5.18. The zero-order chi connectivity index (χ0) is 25.8. The zero-order valence-electron chi connectivity index (χ0n) is 20.4. The van der Waals surface area contributed by atoms with Gasteiger partial charge in [-0.15, -0.1) is 0 Å². The zero-order valence-corrected chi connectivity index (χ0v) is 22.1. The Morgan fingerprint density at radius 2 is 0.917 bits per heavy atom. The molecule has 2 saturated heterocycles. The second-order valence-electron chi connectivity index (χ2n) is 10.2. The quantitative estimate of drug-likeness (QED) is 0.512. The average molecular weight is 531 g/mol. The van der Waals surface area contributed by atoms with Crippen LogP contribution in [0.3, 0.4) is 0 Å². The van der Waals surface area contributed by atoms with Gasteiger partial charge in [0.05, 0.1) is 9.79 Å². The molecule has 0 saturated carbocycles. The van der Waals surface area contributed by atoms with Gasteiger partial charge in [0.1, 0.15) is 0 Å². The molecule has 10 heteroatoms. The lowest BCUT2D eigenvalue weighted by Gasteiger charge is -2.30. The van der Waals surface area contributed by atoms with Crippen molar-refractivity contribution in [2.75, 3.05) is 26.2 Å². The Balaban J connectivity index is 1.48. The molecule has 0 aromatic heterocycles. The average Bonchev–Trinajstić information content (AvgIpc) is 2.87. The Labute approximate surface area is 212 Å². The molecule has 0 unspecified atom stereocenters. The van der Waals surface area contributed by atoms with Gasteiger partial charge in [0.2, 0.25) is 20.0 Å². The summed E-state index contributed by atoms with van der Waals surface area (Å²) in [5.74, 6) is -0.0509. The second kappa shape index (κ2) is 9.16. The van der Waals surface area contributed by atoms with E-state index in [1.54, 1.807) is 0 Å². The van der Waals surface area contributed by atoms with E-state index >= 15 is 0 Å². The highest BCUT2D eigenvalue weighted by molar-refractivity contribution is 7.89. The van der Waals surface area contributed by atoms with Gasteiger partial charge in [-0.3, -0.25) is 9.59 Å². The number of carbonyl (C=O) groups excluding carboxylic acids is 2. The number of nitrogens with zero attached hydrogens (tertiary/aromatic N) is 2. The van der Waals surface area contributed by atoms with E-state index in [9.17, 15) is 26.4 Å². The van der Waals surface area contributed by atoms with E-state index in [0.717, 1.165) is 25.7 Å². The number of sulfonamides is 2. The lowest BCUT2D eigenvalue weighted by molar-refractivity contribution is 0.0978. The van der Waals surface area contributed by atoms with E-state index < -0.39 is 31.6 Å². The maximum Gasteiger partial charge on any atom is 0.243 e. The summed E-state index contributed by atoms with van der Waals surface area (Å²) in [7, 11) is -7.59. The smallest absolute Gasteiger partial charge is 0.243 e. The van der Waals surface area contributed by atoms with Crippen LogP contribution in [0.15, 0.2) is 46.2 Å². The molecule has 0 atom stereocenters. The van der Waals surface area contributed by atoms with E-state index in [2.05, 4.69) is 13.8 Å². The molecule has 2 aliphatic heterocycles. The minimum Gasteiger partial charge on any atom is -0.289 e. The summed E-state index contributed by atoms with van der Waals surface area (Å²) in [5.41, 5.74) is 0.222. The van der Waals surface area contributed by atoms with Crippen molar-refractivity contribution in [2.45, 2.75) is 49.3 Å². The Hall–Kier alpha value is -2.40. The highest BCUT2D eigenvalue weighted by Crippen LogP contribution is 2.33. The van der Waals surface area contributed by atoms with E-state index in [1.807, 2.05) is 0 Å². The van der Waals surface area contributed by atoms with Gasteiger partial charge in [-0.05, 0) is 73.9 Å². The van der Waals surface area contributed by atoms with Gasteiger partial charge in [-0.2, -0.15) is 8.61 Å². The molecule has 2 aromatic rings. The van der Waals surface area contributed by atoms with Gasteiger partial charge in [-0.25, -0.2) is 16.8 Å². The molecule has 3 aliphatic rings. The maximum atomic E-state index is 13.3. The van der Waals surface area contributed by atoms with Crippen molar-refractivity contribution in [3.05, 3.63) is 58.7 Å². The molecule has 2 fully saturated rings. The summed E-state index contributed by atoms with van der Waals surface area (Å²) in [6.45, 7) is 5.86. The normalized spacial score (nSPS) is 20.8. The van der Waals surface area contributed by atoms with Crippen LogP contribution in [0.1, 0.15) is 71.4 Å². The third-order valence-corrected chi connectivity index (χ3v) is 11.5. The number of piperidine rings is 2. The van der Waals surface area contributed by atoms with Crippen molar-refractivity contribution >= 4 is 31.6 Å².